The van der Waals surface area contributed by atoms with Gasteiger partial charge >= 0.3 is 0 Å². The summed E-state index contributed by atoms with van der Waals surface area (Å²) in [6.07, 6.45) is 4.14. The van der Waals surface area contributed by atoms with Crippen LogP contribution in [0.5, 0.6) is 0 Å². The van der Waals surface area contributed by atoms with Gasteiger partial charge in [-0.25, -0.2) is 8.42 Å². The van der Waals surface area contributed by atoms with Crippen LogP contribution in [0.25, 0.3) is 0 Å². The Balaban J connectivity index is 1.42. The second-order valence-electron chi connectivity index (χ2n) is 7.49. The van der Waals surface area contributed by atoms with Crippen LogP contribution in [0.1, 0.15) is 28.1 Å². The van der Waals surface area contributed by atoms with Crippen molar-refractivity contribution in [1.82, 2.24) is 15.1 Å². The van der Waals surface area contributed by atoms with E-state index >= 15 is 0 Å². The minimum atomic E-state index is -3.15. The van der Waals surface area contributed by atoms with Gasteiger partial charge in [0.1, 0.15) is 0 Å². The largest absolute Gasteiger partial charge is 0.294 e. The number of rotatable bonds is 6. The number of sulfone groups is 1. The number of H-pyrrole nitrogens is 1. The summed E-state index contributed by atoms with van der Waals surface area (Å²) >= 11 is 0. The van der Waals surface area contributed by atoms with Crippen molar-refractivity contribution >= 4 is 9.84 Å². The van der Waals surface area contributed by atoms with Crippen LogP contribution in [0.3, 0.4) is 0 Å². The Morgan fingerprint density at radius 1 is 1.00 bits per heavy atom. The first-order chi connectivity index (χ1) is 13.5. The van der Waals surface area contributed by atoms with Gasteiger partial charge in [-0.3, -0.25) is 10.00 Å². The smallest absolute Gasteiger partial charge is 0.175 e. The molecule has 0 saturated carbocycles. The first-order valence-corrected chi connectivity index (χ1v) is 11.5. The molecule has 0 unspecified atom stereocenters. The van der Waals surface area contributed by atoms with Crippen LogP contribution in [0.2, 0.25) is 0 Å². The molecule has 2 aromatic carbocycles. The first-order valence-electron chi connectivity index (χ1n) is 9.59. The highest BCUT2D eigenvalue weighted by Crippen LogP contribution is 2.23. The third kappa shape index (κ3) is 4.34. The van der Waals surface area contributed by atoms with Crippen molar-refractivity contribution < 1.29 is 8.42 Å². The minimum absolute atomic E-state index is 0.371. The highest BCUT2D eigenvalue weighted by molar-refractivity contribution is 7.90. The number of aromatic nitrogens is 2. The fraction of sp³-hybridized carbons (Fsp3) is 0.318. The van der Waals surface area contributed by atoms with Gasteiger partial charge in [-0.05, 0) is 36.1 Å². The van der Waals surface area contributed by atoms with Crippen LogP contribution in [0.15, 0.2) is 59.5 Å². The molecule has 28 heavy (non-hydrogen) atoms. The Labute approximate surface area is 166 Å². The number of nitrogens with one attached hydrogen (secondary N) is 1. The summed E-state index contributed by atoms with van der Waals surface area (Å²) in [5.41, 5.74) is 6.21. The molecule has 3 aromatic rings. The third-order valence-corrected chi connectivity index (χ3v) is 6.48. The summed E-state index contributed by atoms with van der Waals surface area (Å²) in [7, 11) is -3.15. The first kappa shape index (κ1) is 18.9. The highest BCUT2D eigenvalue weighted by atomic mass is 32.2. The lowest BCUT2D eigenvalue weighted by molar-refractivity contribution is 0.244. The maximum atomic E-state index is 11.6. The summed E-state index contributed by atoms with van der Waals surface area (Å²) in [4.78, 5) is 2.77. The van der Waals surface area contributed by atoms with E-state index in [4.69, 9.17) is 0 Å². The molecule has 0 amide bonds. The molecule has 5 nitrogen and oxygen atoms in total. The Morgan fingerprint density at radius 2 is 1.75 bits per heavy atom. The molecule has 0 bridgehead atoms. The van der Waals surface area contributed by atoms with Gasteiger partial charge in [-0.2, -0.15) is 5.10 Å². The van der Waals surface area contributed by atoms with E-state index in [1.165, 1.54) is 23.1 Å². The highest BCUT2D eigenvalue weighted by Gasteiger charge is 2.22. The van der Waals surface area contributed by atoms with Gasteiger partial charge < -0.3 is 0 Å². The molecule has 1 aliphatic heterocycles. The molecule has 6 heteroatoms. The molecule has 1 aromatic heterocycles. The van der Waals surface area contributed by atoms with Crippen LogP contribution < -0.4 is 0 Å². The van der Waals surface area contributed by atoms with E-state index in [0.29, 0.717) is 4.90 Å². The van der Waals surface area contributed by atoms with Gasteiger partial charge in [0.25, 0.3) is 0 Å². The topological polar surface area (TPSA) is 66.1 Å². The Hall–Kier alpha value is -2.44. The van der Waals surface area contributed by atoms with Crippen molar-refractivity contribution in [3.8, 4) is 0 Å². The molecule has 0 saturated heterocycles. The van der Waals surface area contributed by atoms with Gasteiger partial charge in [0, 0.05) is 43.6 Å². The zero-order valence-corrected chi connectivity index (χ0v) is 16.9. The van der Waals surface area contributed by atoms with Gasteiger partial charge in [-0.15, -0.1) is 0 Å². The summed E-state index contributed by atoms with van der Waals surface area (Å²) in [5.74, 6) is 0. The second kappa shape index (κ2) is 7.89. The van der Waals surface area contributed by atoms with Crippen LogP contribution in [0.4, 0.5) is 0 Å². The number of fused-ring (bicyclic) bond motifs is 1. The van der Waals surface area contributed by atoms with Gasteiger partial charge in [-0.1, -0.05) is 42.5 Å². The number of hydrogen-bond donors (Lipinski definition) is 1. The number of aryl methyl sites for hydroxylation is 2. The van der Waals surface area contributed by atoms with Crippen molar-refractivity contribution in [2.75, 3.05) is 12.8 Å². The molecule has 1 N–H and O–H groups in total. The molecular formula is C22H25N3O2S. The lowest BCUT2D eigenvalue weighted by Gasteiger charge is -2.27. The van der Waals surface area contributed by atoms with Crippen molar-refractivity contribution in [2.45, 2.75) is 37.2 Å². The van der Waals surface area contributed by atoms with Crippen molar-refractivity contribution in [1.29, 1.82) is 0 Å². The molecule has 0 radical (unpaired) electrons. The molecule has 1 aliphatic rings. The second-order valence-corrected chi connectivity index (χ2v) is 9.51. The molecule has 0 fully saturated rings. The normalized spacial score (nSPS) is 14.8. The maximum Gasteiger partial charge on any atom is 0.175 e. The molecular weight excluding hydrogens is 370 g/mol. The van der Waals surface area contributed by atoms with Crippen LogP contribution in [0, 0.1) is 0 Å². The summed E-state index contributed by atoms with van der Waals surface area (Å²) in [6.45, 7) is 2.66. The van der Waals surface area contributed by atoms with E-state index in [0.717, 1.165) is 50.2 Å². The lowest BCUT2D eigenvalue weighted by atomic mass is 10.0. The Bertz CT molecular complexity index is 1040. The molecule has 146 valence electrons. The van der Waals surface area contributed by atoms with Crippen LogP contribution in [-0.2, 0) is 42.2 Å². The standard InChI is InChI=1S/C22H25N3O2S/c1-28(26,27)19-10-7-18(8-11-19)15-25-14-13-22-20(16-25)21(23-24-22)12-9-17-5-3-2-4-6-17/h2-8,10-11H,9,12-16H2,1H3,(H,23,24). The molecule has 4 rings (SSSR count). The summed E-state index contributed by atoms with van der Waals surface area (Å²) in [5, 5.41) is 7.80. The van der Waals surface area contributed by atoms with E-state index in [-0.39, 0.29) is 0 Å². The van der Waals surface area contributed by atoms with Crippen molar-refractivity contribution in [3.05, 3.63) is 82.7 Å². The van der Waals surface area contributed by atoms with E-state index in [1.54, 1.807) is 12.1 Å². The van der Waals surface area contributed by atoms with E-state index < -0.39 is 9.84 Å². The quantitative estimate of drug-likeness (QED) is 0.696. The summed E-state index contributed by atoms with van der Waals surface area (Å²) < 4.78 is 23.2. The predicted octanol–water partition coefficient (Wildman–Crippen LogP) is 3.16. The maximum absolute atomic E-state index is 11.6. The SMILES string of the molecule is CS(=O)(=O)c1ccc(CN2CCc3[nH]nc(CCc4ccccc4)c3C2)cc1. The Kier molecular flexibility index (Phi) is 5.33. The fourth-order valence-corrected chi connectivity index (χ4v) is 4.39. The van der Waals surface area contributed by atoms with E-state index in [9.17, 15) is 8.42 Å². The third-order valence-electron chi connectivity index (χ3n) is 5.35. The molecule has 0 aliphatic carbocycles. The molecule has 0 atom stereocenters. The zero-order valence-electron chi connectivity index (χ0n) is 16.1. The van der Waals surface area contributed by atoms with Gasteiger partial charge in [0.05, 0.1) is 10.6 Å². The molecule has 2 heterocycles. The van der Waals surface area contributed by atoms with Gasteiger partial charge in [0.15, 0.2) is 9.84 Å². The average molecular weight is 396 g/mol. The monoisotopic (exact) mass is 395 g/mol. The number of benzene rings is 2. The van der Waals surface area contributed by atoms with E-state index in [2.05, 4.69) is 39.4 Å². The minimum Gasteiger partial charge on any atom is -0.294 e. The zero-order chi connectivity index (χ0) is 19.6. The predicted molar refractivity (Wildman–Crippen MR) is 110 cm³/mol. The lowest BCUT2D eigenvalue weighted by Crippen LogP contribution is -2.30. The van der Waals surface area contributed by atoms with Gasteiger partial charge in [0.2, 0.25) is 0 Å². The van der Waals surface area contributed by atoms with Crippen LogP contribution in [-0.4, -0.2) is 36.3 Å². The summed E-state index contributed by atoms with van der Waals surface area (Å²) in [6, 6.07) is 17.7. The van der Waals surface area contributed by atoms with Crippen LogP contribution >= 0.6 is 0 Å². The average Bonchev–Trinajstić information content (AvgIpc) is 3.09. The Morgan fingerprint density at radius 3 is 2.46 bits per heavy atom. The van der Waals surface area contributed by atoms with Crippen molar-refractivity contribution in [3.63, 3.8) is 0 Å². The number of hydrogen-bond acceptors (Lipinski definition) is 4. The van der Waals surface area contributed by atoms with Crippen molar-refractivity contribution in [2.24, 2.45) is 0 Å². The fourth-order valence-electron chi connectivity index (χ4n) is 3.76. The number of nitrogens with zero attached hydrogens (tertiary/aromatic N) is 2. The number of aromatic amines is 1. The molecule has 0 spiro atoms. The van der Waals surface area contributed by atoms with E-state index in [1.807, 2.05) is 18.2 Å².